The standard InChI is InChI=1S/C17H13Cl3N4O/c1-10-15(20)16(24-9-23-10)21-7-11-2-4-13(5-3-11)25-17-14(19)6-12(18)8-22-17/h2-6,8-9H,7H2,1H3,(H,21,23,24). The second-order valence-corrected chi connectivity index (χ2v) is 6.38. The third kappa shape index (κ3) is 4.51. The Morgan fingerprint density at radius 3 is 2.52 bits per heavy atom. The monoisotopic (exact) mass is 394 g/mol. The first-order valence-electron chi connectivity index (χ1n) is 7.32. The van der Waals surface area contributed by atoms with Gasteiger partial charge in [0.25, 0.3) is 0 Å². The van der Waals surface area contributed by atoms with Gasteiger partial charge in [-0.05, 0) is 30.7 Å². The molecule has 128 valence electrons. The van der Waals surface area contributed by atoms with Crippen LogP contribution in [0, 0.1) is 6.92 Å². The maximum absolute atomic E-state index is 6.16. The Bertz CT molecular complexity index is 888. The summed E-state index contributed by atoms with van der Waals surface area (Å²) < 4.78 is 5.65. The second-order valence-electron chi connectivity index (χ2n) is 5.16. The normalized spacial score (nSPS) is 10.6. The van der Waals surface area contributed by atoms with E-state index >= 15 is 0 Å². The predicted molar refractivity (Wildman–Crippen MR) is 99.9 cm³/mol. The summed E-state index contributed by atoms with van der Waals surface area (Å²) in [5.41, 5.74) is 1.77. The van der Waals surface area contributed by atoms with Gasteiger partial charge in [-0.1, -0.05) is 46.9 Å². The summed E-state index contributed by atoms with van der Waals surface area (Å²) in [4.78, 5) is 12.2. The van der Waals surface area contributed by atoms with E-state index in [0.29, 0.717) is 39.1 Å². The smallest absolute Gasteiger partial charge is 0.238 e. The third-order valence-electron chi connectivity index (χ3n) is 3.34. The highest BCUT2D eigenvalue weighted by molar-refractivity contribution is 6.35. The predicted octanol–water partition coefficient (Wildman–Crippen LogP) is 5.54. The van der Waals surface area contributed by atoms with Crippen LogP contribution in [0.3, 0.4) is 0 Å². The van der Waals surface area contributed by atoms with Crippen molar-refractivity contribution in [2.45, 2.75) is 13.5 Å². The molecule has 0 amide bonds. The summed E-state index contributed by atoms with van der Waals surface area (Å²) in [7, 11) is 0. The van der Waals surface area contributed by atoms with Crippen LogP contribution in [0.1, 0.15) is 11.3 Å². The first-order chi connectivity index (χ1) is 12.0. The fourth-order valence-electron chi connectivity index (χ4n) is 2.03. The van der Waals surface area contributed by atoms with Crippen LogP contribution in [-0.2, 0) is 6.54 Å². The minimum atomic E-state index is 0.306. The number of pyridine rings is 1. The van der Waals surface area contributed by atoms with Crippen LogP contribution >= 0.6 is 34.8 Å². The van der Waals surface area contributed by atoms with Crippen molar-refractivity contribution in [2.24, 2.45) is 0 Å². The van der Waals surface area contributed by atoms with E-state index in [-0.39, 0.29) is 0 Å². The minimum absolute atomic E-state index is 0.306. The van der Waals surface area contributed by atoms with Crippen molar-refractivity contribution in [1.29, 1.82) is 0 Å². The Balaban J connectivity index is 1.65. The number of nitrogens with one attached hydrogen (secondary N) is 1. The number of ether oxygens (including phenoxy) is 1. The van der Waals surface area contributed by atoms with Gasteiger partial charge in [0.1, 0.15) is 27.9 Å². The van der Waals surface area contributed by atoms with Gasteiger partial charge in [-0.25, -0.2) is 15.0 Å². The van der Waals surface area contributed by atoms with E-state index < -0.39 is 0 Å². The number of aromatic nitrogens is 3. The zero-order valence-corrected chi connectivity index (χ0v) is 15.4. The molecule has 1 aromatic carbocycles. The zero-order chi connectivity index (χ0) is 17.8. The fourth-order valence-corrected chi connectivity index (χ4v) is 2.61. The SMILES string of the molecule is Cc1ncnc(NCc2ccc(Oc3ncc(Cl)cc3Cl)cc2)c1Cl. The molecule has 0 saturated heterocycles. The molecule has 8 heteroatoms. The van der Waals surface area contributed by atoms with Gasteiger partial charge < -0.3 is 10.1 Å². The van der Waals surface area contributed by atoms with E-state index in [1.807, 2.05) is 31.2 Å². The number of nitrogens with zero attached hydrogens (tertiary/aromatic N) is 3. The first-order valence-corrected chi connectivity index (χ1v) is 8.45. The molecule has 0 saturated carbocycles. The average molecular weight is 396 g/mol. The van der Waals surface area contributed by atoms with Crippen molar-refractivity contribution in [3.05, 3.63) is 69.2 Å². The van der Waals surface area contributed by atoms with Crippen molar-refractivity contribution in [3.8, 4) is 11.6 Å². The van der Waals surface area contributed by atoms with Crippen molar-refractivity contribution in [1.82, 2.24) is 15.0 Å². The van der Waals surface area contributed by atoms with Gasteiger partial charge in [-0.15, -0.1) is 0 Å². The Hall–Kier alpha value is -2.08. The molecular formula is C17H13Cl3N4O. The van der Waals surface area contributed by atoms with Crippen molar-refractivity contribution < 1.29 is 4.74 Å². The van der Waals surface area contributed by atoms with Crippen LogP contribution in [0.2, 0.25) is 15.1 Å². The summed E-state index contributed by atoms with van der Waals surface area (Å²) in [6.45, 7) is 2.40. The summed E-state index contributed by atoms with van der Waals surface area (Å²) in [5, 5.41) is 4.51. The zero-order valence-electron chi connectivity index (χ0n) is 13.1. The van der Waals surface area contributed by atoms with E-state index in [4.69, 9.17) is 39.5 Å². The second kappa shape index (κ2) is 7.87. The van der Waals surface area contributed by atoms with E-state index in [2.05, 4.69) is 20.3 Å². The van der Waals surface area contributed by atoms with Gasteiger partial charge in [0, 0.05) is 12.7 Å². The summed E-state index contributed by atoms with van der Waals surface area (Å²) in [6, 6.07) is 9.09. The molecule has 3 rings (SSSR count). The summed E-state index contributed by atoms with van der Waals surface area (Å²) in [5.74, 6) is 1.53. The maximum atomic E-state index is 6.16. The molecule has 5 nitrogen and oxygen atoms in total. The van der Waals surface area contributed by atoms with Crippen LogP contribution in [-0.4, -0.2) is 15.0 Å². The quantitative estimate of drug-likeness (QED) is 0.614. The number of rotatable bonds is 5. The first kappa shape index (κ1) is 17.7. The van der Waals surface area contributed by atoms with E-state index in [9.17, 15) is 0 Å². The van der Waals surface area contributed by atoms with Gasteiger partial charge in [-0.2, -0.15) is 0 Å². The molecule has 0 unspecified atom stereocenters. The van der Waals surface area contributed by atoms with Crippen LogP contribution in [0.15, 0.2) is 42.9 Å². The molecular weight excluding hydrogens is 383 g/mol. The van der Waals surface area contributed by atoms with E-state index in [1.54, 1.807) is 6.07 Å². The Morgan fingerprint density at radius 1 is 1.04 bits per heavy atom. The number of aryl methyl sites for hydroxylation is 1. The Labute approximate surface area is 160 Å². The lowest BCUT2D eigenvalue weighted by Crippen LogP contribution is -2.03. The molecule has 0 bridgehead atoms. The highest BCUT2D eigenvalue weighted by atomic mass is 35.5. The van der Waals surface area contributed by atoms with Crippen LogP contribution < -0.4 is 10.1 Å². The Kier molecular flexibility index (Phi) is 5.58. The number of anilines is 1. The largest absolute Gasteiger partial charge is 0.438 e. The molecule has 0 aliphatic heterocycles. The molecule has 2 aromatic heterocycles. The number of hydrogen-bond acceptors (Lipinski definition) is 5. The van der Waals surface area contributed by atoms with Crippen LogP contribution in [0.25, 0.3) is 0 Å². The lowest BCUT2D eigenvalue weighted by atomic mass is 10.2. The highest BCUT2D eigenvalue weighted by Crippen LogP contribution is 2.29. The molecule has 1 N–H and O–H groups in total. The molecule has 2 heterocycles. The molecule has 0 spiro atoms. The molecule has 0 fully saturated rings. The van der Waals surface area contributed by atoms with E-state index in [1.165, 1.54) is 12.5 Å². The number of halogens is 3. The molecule has 0 radical (unpaired) electrons. The summed E-state index contributed by atoms with van der Waals surface area (Å²) in [6.07, 6.45) is 2.96. The fraction of sp³-hybridized carbons (Fsp3) is 0.118. The lowest BCUT2D eigenvalue weighted by Gasteiger charge is -2.10. The maximum Gasteiger partial charge on any atom is 0.238 e. The molecule has 0 atom stereocenters. The van der Waals surface area contributed by atoms with Crippen LogP contribution in [0.4, 0.5) is 5.82 Å². The number of hydrogen-bond donors (Lipinski definition) is 1. The number of benzene rings is 1. The molecule has 3 aromatic rings. The van der Waals surface area contributed by atoms with Gasteiger partial charge >= 0.3 is 0 Å². The molecule has 25 heavy (non-hydrogen) atoms. The van der Waals surface area contributed by atoms with Crippen molar-refractivity contribution in [3.63, 3.8) is 0 Å². The molecule has 0 aliphatic carbocycles. The van der Waals surface area contributed by atoms with Gasteiger partial charge in [0.2, 0.25) is 5.88 Å². The Morgan fingerprint density at radius 2 is 1.80 bits per heavy atom. The van der Waals surface area contributed by atoms with Gasteiger partial charge in [0.05, 0.1) is 10.7 Å². The average Bonchev–Trinajstić information content (AvgIpc) is 2.60. The lowest BCUT2D eigenvalue weighted by molar-refractivity contribution is 0.463. The van der Waals surface area contributed by atoms with E-state index in [0.717, 1.165) is 11.3 Å². The summed E-state index contributed by atoms with van der Waals surface area (Å²) >= 11 is 18.0. The van der Waals surface area contributed by atoms with Crippen molar-refractivity contribution in [2.75, 3.05) is 5.32 Å². The topological polar surface area (TPSA) is 59.9 Å². The van der Waals surface area contributed by atoms with Crippen molar-refractivity contribution >= 4 is 40.6 Å². The molecule has 0 aliphatic rings. The van der Waals surface area contributed by atoms with Gasteiger partial charge in [0.15, 0.2) is 0 Å². The van der Waals surface area contributed by atoms with Gasteiger partial charge in [-0.3, -0.25) is 0 Å². The minimum Gasteiger partial charge on any atom is -0.438 e. The van der Waals surface area contributed by atoms with Crippen LogP contribution in [0.5, 0.6) is 11.6 Å². The highest BCUT2D eigenvalue weighted by Gasteiger charge is 2.07. The third-order valence-corrected chi connectivity index (χ3v) is 4.27.